The van der Waals surface area contributed by atoms with Crippen LogP contribution in [0.5, 0.6) is 0 Å². The van der Waals surface area contributed by atoms with E-state index in [1.54, 1.807) is 11.3 Å². The molecule has 1 N–H and O–H groups in total. The molecule has 0 atom stereocenters. The van der Waals surface area contributed by atoms with Crippen LogP contribution in [0.25, 0.3) is 32.4 Å². The molecule has 0 unspecified atom stereocenters. The SMILES string of the molecule is CC(C)(C)OC(=O)N1CCC(c2ncc(-c3ccnc4[nH]c5ccccc5c34)s2)CC1. The number of fused-ring (bicyclic) bond motifs is 3. The van der Waals surface area contributed by atoms with Crippen molar-refractivity contribution in [1.29, 1.82) is 0 Å². The fourth-order valence-corrected chi connectivity index (χ4v) is 5.33. The first-order chi connectivity index (χ1) is 14.9. The number of para-hydroxylation sites is 1. The largest absolute Gasteiger partial charge is 0.444 e. The highest BCUT2D eigenvalue weighted by molar-refractivity contribution is 7.15. The van der Waals surface area contributed by atoms with Gasteiger partial charge in [0.15, 0.2) is 0 Å². The van der Waals surface area contributed by atoms with Crippen molar-refractivity contribution in [2.75, 3.05) is 13.1 Å². The smallest absolute Gasteiger partial charge is 0.410 e. The van der Waals surface area contributed by atoms with Crippen LogP contribution in [0.4, 0.5) is 4.79 Å². The summed E-state index contributed by atoms with van der Waals surface area (Å²) in [6.07, 6.45) is 5.43. The van der Waals surface area contributed by atoms with E-state index in [9.17, 15) is 4.79 Å². The first-order valence-corrected chi connectivity index (χ1v) is 11.5. The molecule has 31 heavy (non-hydrogen) atoms. The topological polar surface area (TPSA) is 71.1 Å². The molecule has 160 valence electrons. The van der Waals surface area contributed by atoms with Crippen LogP contribution in [0.2, 0.25) is 0 Å². The number of rotatable bonds is 2. The minimum absolute atomic E-state index is 0.218. The summed E-state index contributed by atoms with van der Waals surface area (Å²) < 4.78 is 5.51. The van der Waals surface area contributed by atoms with Crippen molar-refractivity contribution in [3.8, 4) is 10.4 Å². The number of H-pyrrole nitrogens is 1. The van der Waals surface area contributed by atoms with Gasteiger partial charge in [-0.05, 0) is 45.7 Å². The molecule has 0 aliphatic carbocycles. The number of hydrogen-bond donors (Lipinski definition) is 1. The lowest BCUT2D eigenvalue weighted by atomic mass is 9.98. The number of nitrogens with one attached hydrogen (secondary N) is 1. The number of amides is 1. The Bertz CT molecular complexity index is 1250. The minimum Gasteiger partial charge on any atom is -0.444 e. The standard InChI is InChI=1S/C24H26N4O2S/c1-24(2,3)30-23(29)28-12-9-15(10-13-28)22-26-14-19(31-22)17-8-11-25-21-20(17)16-6-4-5-7-18(16)27-21/h4-8,11,14-15H,9-10,12-13H2,1-3H3,(H,25,27). The Morgan fingerprint density at radius 1 is 1.16 bits per heavy atom. The highest BCUT2D eigenvalue weighted by atomic mass is 32.1. The van der Waals surface area contributed by atoms with Gasteiger partial charge in [0, 0.05) is 53.3 Å². The van der Waals surface area contributed by atoms with Crippen LogP contribution >= 0.6 is 11.3 Å². The molecule has 4 aromatic rings. The molecule has 0 spiro atoms. The Hall–Kier alpha value is -2.93. The molecule has 1 amide bonds. The number of nitrogens with zero attached hydrogens (tertiary/aromatic N) is 3. The molecule has 6 nitrogen and oxygen atoms in total. The van der Waals surface area contributed by atoms with Gasteiger partial charge in [0.05, 0.1) is 9.88 Å². The Morgan fingerprint density at radius 3 is 2.71 bits per heavy atom. The van der Waals surface area contributed by atoms with Gasteiger partial charge in [-0.1, -0.05) is 18.2 Å². The number of aromatic amines is 1. The van der Waals surface area contributed by atoms with E-state index in [0.29, 0.717) is 19.0 Å². The van der Waals surface area contributed by atoms with E-state index in [1.165, 1.54) is 5.39 Å². The lowest BCUT2D eigenvalue weighted by molar-refractivity contribution is 0.0205. The molecule has 0 radical (unpaired) electrons. The van der Waals surface area contributed by atoms with Gasteiger partial charge in [0.2, 0.25) is 0 Å². The molecule has 1 fully saturated rings. The zero-order valence-electron chi connectivity index (χ0n) is 18.0. The summed E-state index contributed by atoms with van der Waals surface area (Å²) in [6.45, 7) is 7.11. The summed E-state index contributed by atoms with van der Waals surface area (Å²) in [5, 5.41) is 3.47. The van der Waals surface area contributed by atoms with E-state index in [0.717, 1.165) is 44.8 Å². The van der Waals surface area contributed by atoms with Gasteiger partial charge in [-0.2, -0.15) is 0 Å². The lowest BCUT2D eigenvalue weighted by Gasteiger charge is -2.32. The molecule has 1 saturated heterocycles. The molecular weight excluding hydrogens is 408 g/mol. The van der Waals surface area contributed by atoms with Crippen LogP contribution in [0.15, 0.2) is 42.7 Å². The number of pyridine rings is 1. The molecule has 0 saturated carbocycles. The van der Waals surface area contributed by atoms with E-state index < -0.39 is 5.60 Å². The molecule has 7 heteroatoms. The second-order valence-corrected chi connectivity index (χ2v) is 10.1. The summed E-state index contributed by atoms with van der Waals surface area (Å²) in [7, 11) is 0. The summed E-state index contributed by atoms with van der Waals surface area (Å²) in [5.74, 6) is 0.373. The van der Waals surface area contributed by atoms with Crippen molar-refractivity contribution >= 4 is 39.4 Å². The minimum atomic E-state index is -0.462. The average Bonchev–Trinajstić information content (AvgIpc) is 3.37. The number of hydrogen-bond acceptors (Lipinski definition) is 5. The second-order valence-electron chi connectivity index (χ2n) is 9.06. The van der Waals surface area contributed by atoms with Gasteiger partial charge < -0.3 is 14.6 Å². The third-order valence-electron chi connectivity index (χ3n) is 5.69. The highest BCUT2D eigenvalue weighted by Crippen LogP contribution is 2.39. The van der Waals surface area contributed by atoms with Crippen molar-refractivity contribution in [2.45, 2.75) is 45.1 Å². The maximum atomic E-state index is 12.3. The Kier molecular flexibility index (Phi) is 4.93. The number of aromatic nitrogens is 3. The van der Waals surface area contributed by atoms with Crippen LogP contribution in [0.3, 0.4) is 0 Å². The zero-order valence-corrected chi connectivity index (χ0v) is 18.8. The predicted octanol–water partition coefficient (Wildman–Crippen LogP) is 5.95. The third kappa shape index (κ3) is 3.90. The van der Waals surface area contributed by atoms with Crippen LogP contribution in [-0.4, -0.2) is 44.6 Å². The summed E-state index contributed by atoms with van der Waals surface area (Å²) in [4.78, 5) is 28.0. The normalized spacial score (nSPS) is 15.6. The molecule has 0 bridgehead atoms. The molecule has 1 aliphatic heterocycles. The van der Waals surface area contributed by atoms with E-state index in [-0.39, 0.29) is 6.09 Å². The summed E-state index contributed by atoms with van der Waals surface area (Å²) in [5.41, 5.74) is 2.70. The monoisotopic (exact) mass is 434 g/mol. The van der Waals surface area contributed by atoms with Gasteiger partial charge in [-0.3, -0.25) is 0 Å². The summed E-state index contributed by atoms with van der Waals surface area (Å²) >= 11 is 1.75. The number of ether oxygens (including phenoxy) is 1. The van der Waals surface area contributed by atoms with Crippen LogP contribution in [0, 0.1) is 0 Å². The molecule has 5 rings (SSSR count). The van der Waals surface area contributed by atoms with Crippen LogP contribution in [-0.2, 0) is 4.74 Å². The van der Waals surface area contributed by atoms with Gasteiger partial charge in [-0.25, -0.2) is 14.8 Å². The van der Waals surface area contributed by atoms with Crippen molar-refractivity contribution in [1.82, 2.24) is 19.9 Å². The van der Waals surface area contributed by atoms with Crippen molar-refractivity contribution in [2.24, 2.45) is 0 Å². The number of piperidine rings is 1. The quantitative estimate of drug-likeness (QED) is 0.423. The number of carbonyl (C=O) groups excluding carboxylic acids is 1. The molecule has 1 aliphatic rings. The highest BCUT2D eigenvalue weighted by Gasteiger charge is 2.29. The van der Waals surface area contributed by atoms with Crippen molar-refractivity contribution in [3.05, 3.63) is 47.7 Å². The number of likely N-dealkylation sites (tertiary alicyclic amines) is 1. The van der Waals surface area contributed by atoms with E-state index >= 15 is 0 Å². The Balaban J connectivity index is 1.37. The van der Waals surface area contributed by atoms with Gasteiger partial charge in [-0.15, -0.1) is 11.3 Å². The van der Waals surface area contributed by atoms with Gasteiger partial charge in [0.1, 0.15) is 11.2 Å². The van der Waals surface area contributed by atoms with E-state index in [2.05, 4.69) is 34.2 Å². The second kappa shape index (κ2) is 7.64. The fourth-order valence-electron chi connectivity index (χ4n) is 4.21. The van der Waals surface area contributed by atoms with Crippen molar-refractivity contribution in [3.63, 3.8) is 0 Å². The first-order valence-electron chi connectivity index (χ1n) is 10.7. The van der Waals surface area contributed by atoms with E-state index in [1.807, 2.05) is 44.1 Å². The van der Waals surface area contributed by atoms with Gasteiger partial charge in [0.25, 0.3) is 0 Å². The lowest BCUT2D eigenvalue weighted by Crippen LogP contribution is -2.41. The number of thiazole rings is 1. The maximum absolute atomic E-state index is 12.3. The third-order valence-corrected chi connectivity index (χ3v) is 6.88. The van der Waals surface area contributed by atoms with Crippen LogP contribution < -0.4 is 0 Å². The maximum Gasteiger partial charge on any atom is 0.410 e. The zero-order chi connectivity index (χ0) is 21.6. The first kappa shape index (κ1) is 20.0. The number of benzene rings is 1. The number of carbonyl (C=O) groups is 1. The predicted molar refractivity (Wildman–Crippen MR) is 124 cm³/mol. The van der Waals surface area contributed by atoms with Gasteiger partial charge >= 0.3 is 6.09 Å². The molecular formula is C24H26N4O2S. The molecule has 3 aromatic heterocycles. The Morgan fingerprint density at radius 2 is 1.94 bits per heavy atom. The summed E-state index contributed by atoms with van der Waals surface area (Å²) in [6, 6.07) is 10.4. The molecule has 1 aromatic carbocycles. The average molecular weight is 435 g/mol. The van der Waals surface area contributed by atoms with Crippen molar-refractivity contribution < 1.29 is 9.53 Å². The Labute approximate surface area is 185 Å². The van der Waals surface area contributed by atoms with Crippen LogP contribution in [0.1, 0.15) is 44.5 Å². The fraction of sp³-hybridized carbons (Fsp3) is 0.375. The van der Waals surface area contributed by atoms with E-state index in [4.69, 9.17) is 9.72 Å². The molecule has 4 heterocycles.